The van der Waals surface area contributed by atoms with Crippen LogP contribution in [0.15, 0.2) is 0 Å². The van der Waals surface area contributed by atoms with E-state index in [9.17, 15) is 4.79 Å². The molecule has 0 spiro atoms. The molecule has 0 aromatic carbocycles. The highest BCUT2D eigenvalue weighted by molar-refractivity contribution is 5.79. The molecule has 76 valence electrons. The summed E-state index contributed by atoms with van der Waals surface area (Å²) in [6.45, 7) is 8.29. The van der Waals surface area contributed by atoms with Crippen molar-refractivity contribution >= 4 is 5.78 Å². The molecule has 2 heteroatoms. The van der Waals surface area contributed by atoms with E-state index in [1.807, 2.05) is 20.8 Å². The van der Waals surface area contributed by atoms with Gasteiger partial charge in [0.2, 0.25) is 0 Å². The predicted molar refractivity (Wildman–Crippen MR) is 52.6 cm³/mol. The van der Waals surface area contributed by atoms with Crippen molar-refractivity contribution in [2.45, 2.75) is 58.7 Å². The Morgan fingerprint density at radius 2 is 2.00 bits per heavy atom. The first-order valence-electron chi connectivity index (χ1n) is 5.08. The van der Waals surface area contributed by atoms with Gasteiger partial charge in [0.25, 0.3) is 0 Å². The topological polar surface area (TPSA) is 26.3 Å². The Hall–Kier alpha value is -0.370. The monoisotopic (exact) mass is 184 g/mol. The van der Waals surface area contributed by atoms with Crippen molar-refractivity contribution in [1.29, 1.82) is 0 Å². The molecule has 2 nitrogen and oxygen atoms in total. The third kappa shape index (κ3) is 3.47. The van der Waals surface area contributed by atoms with Gasteiger partial charge in [-0.05, 0) is 33.1 Å². The second-order valence-electron chi connectivity index (χ2n) is 5.03. The first-order chi connectivity index (χ1) is 5.88. The molecule has 0 amide bonds. The van der Waals surface area contributed by atoms with E-state index in [4.69, 9.17) is 4.74 Å². The summed E-state index contributed by atoms with van der Waals surface area (Å²) in [6.07, 6.45) is 2.48. The average molecular weight is 184 g/mol. The zero-order valence-electron chi connectivity index (χ0n) is 9.09. The van der Waals surface area contributed by atoms with Gasteiger partial charge >= 0.3 is 0 Å². The van der Waals surface area contributed by atoms with Crippen LogP contribution < -0.4 is 0 Å². The van der Waals surface area contributed by atoms with E-state index in [2.05, 4.69) is 6.92 Å². The van der Waals surface area contributed by atoms with Gasteiger partial charge in [0.15, 0.2) is 0 Å². The SMILES string of the molecule is CC1CCC(=O)CC1OC(C)(C)C. The van der Waals surface area contributed by atoms with Gasteiger partial charge in [-0.2, -0.15) is 0 Å². The second kappa shape index (κ2) is 3.79. The van der Waals surface area contributed by atoms with E-state index < -0.39 is 0 Å². The Labute approximate surface area is 80.7 Å². The molecule has 1 rings (SSSR count). The number of ether oxygens (including phenoxy) is 1. The molecule has 0 radical (unpaired) electrons. The lowest BCUT2D eigenvalue weighted by Gasteiger charge is -2.33. The molecule has 1 saturated carbocycles. The number of carbonyl (C=O) groups is 1. The number of Topliss-reactive ketones (excluding diaryl/α,β-unsaturated/α-hetero) is 1. The first kappa shape index (κ1) is 10.7. The zero-order chi connectivity index (χ0) is 10.1. The van der Waals surface area contributed by atoms with Crippen molar-refractivity contribution in [2.75, 3.05) is 0 Å². The summed E-state index contributed by atoms with van der Waals surface area (Å²) in [5.74, 6) is 0.879. The van der Waals surface area contributed by atoms with E-state index in [0.717, 1.165) is 12.8 Å². The highest BCUT2D eigenvalue weighted by Crippen LogP contribution is 2.27. The summed E-state index contributed by atoms with van der Waals surface area (Å²) in [6, 6.07) is 0. The van der Waals surface area contributed by atoms with Crippen LogP contribution in [-0.4, -0.2) is 17.5 Å². The highest BCUT2D eigenvalue weighted by atomic mass is 16.5. The fourth-order valence-corrected chi connectivity index (χ4v) is 1.71. The van der Waals surface area contributed by atoms with Crippen LogP contribution in [0.3, 0.4) is 0 Å². The minimum atomic E-state index is -0.128. The van der Waals surface area contributed by atoms with E-state index >= 15 is 0 Å². The van der Waals surface area contributed by atoms with Crippen LogP contribution in [0.5, 0.6) is 0 Å². The van der Waals surface area contributed by atoms with Crippen molar-refractivity contribution in [3.63, 3.8) is 0 Å². The molecule has 0 aromatic rings. The molecule has 0 saturated heterocycles. The van der Waals surface area contributed by atoms with Gasteiger partial charge in [0, 0.05) is 12.8 Å². The predicted octanol–water partition coefficient (Wildman–Crippen LogP) is 2.56. The number of carbonyl (C=O) groups excluding carboxylic acids is 1. The van der Waals surface area contributed by atoms with Crippen LogP contribution in [0, 0.1) is 5.92 Å². The molecule has 0 N–H and O–H groups in total. The minimum absolute atomic E-state index is 0.128. The van der Waals surface area contributed by atoms with Crippen molar-refractivity contribution in [1.82, 2.24) is 0 Å². The third-order valence-electron chi connectivity index (χ3n) is 2.45. The largest absolute Gasteiger partial charge is 0.372 e. The quantitative estimate of drug-likeness (QED) is 0.626. The summed E-state index contributed by atoms with van der Waals surface area (Å²) in [7, 11) is 0. The van der Waals surface area contributed by atoms with E-state index in [0.29, 0.717) is 18.1 Å². The third-order valence-corrected chi connectivity index (χ3v) is 2.45. The normalized spacial score (nSPS) is 30.6. The molecular formula is C11H20O2. The minimum Gasteiger partial charge on any atom is -0.372 e. The average Bonchev–Trinajstić information content (AvgIpc) is 1.94. The van der Waals surface area contributed by atoms with Crippen LogP contribution in [0.4, 0.5) is 0 Å². The second-order valence-corrected chi connectivity index (χ2v) is 5.03. The maximum atomic E-state index is 11.2. The van der Waals surface area contributed by atoms with Gasteiger partial charge in [-0.25, -0.2) is 0 Å². The fraction of sp³-hybridized carbons (Fsp3) is 0.909. The van der Waals surface area contributed by atoms with Gasteiger partial charge < -0.3 is 4.74 Å². The number of hydrogen-bond acceptors (Lipinski definition) is 2. The lowest BCUT2D eigenvalue weighted by Crippen LogP contribution is -2.36. The Kier molecular flexibility index (Phi) is 3.12. The molecule has 0 aliphatic heterocycles. The molecule has 0 aromatic heterocycles. The van der Waals surface area contributed by atoms with Crippen LogP contribution in [0.1, 0.15) is 47.0 Å². The van der Waals surface area contributed by atoms with Crippen molar-refractivity contribution in [3.8, 4) is 0 Å². The smallest absolute Gasteiger partial charge is 0.135 e. The Bertz CT molecular complexity index is 191. The highest BCUT2D eigenvalue weighted by Gasteiger charge is 2.29. The fourth-order valence-electron chi connectivity index (χ4n) is 1.71. The number of rotatable bonds is 1. The molecule has 2 unspecified atom stereocenters. The van der Waals surface area contributed by atoms with Crippen molar-refractivity contribution in [3.05, 3.63) is 0 Å². The molecule has 2 atom stereocenters. The summed E-state index contributed by atoms with van der Waals surface area (Å²) in [4.78, 5) is 11.2. The van der Waals surface area contributed by atoms with E-state index in [1.165, 1.54) is 0 Å². The number of ketones is 1. The standard InChI is InChI=1S/C11H20O2/c1-8-5-6-9(12)7-10(8)13-11(2,3)4/h8,10H,5-7H2,1-4H3. The maximum absolute atomic E-state index is 11.2. The van der Waals surface area contributed by atoms with Crippen LogP contribution in [0.25, 0.3) is 0 Å². The van der Waals surface area contributed by atoms with Gasteiger partial charge in [-0.1, -0.05) is 6.92 Å². The van der Waals surface area contributed by atoms with Gasteiger partial charge in [-0.15, -0.1) is 0 Å². The summed E-state index contributed by atoms with van der Waals surface area (Å²) >= 11 is 0. The molecule has 13 heavy (non-hydrogen) atoms. The van der Waals surface area contributed by atoms with Crippen LogP contribution in [-0.2, 0) is 9.53 Å². The molecule has 1 aliphatic carbocycles. The number of hydrogen-bond donors (Lipinski definition) is 0. The van der Waals surface area contributed by atoms with E-state index in [1.54, 1.807) is 0 Å². The summed E-state index contributed by atoms with van der Waals surface area (Å²) in [5, 5.41) is 0. The lowest BCUT2D eigenvalue weighted by atomic mass is 9.86. The van der Waals surface area contributed by atoms with Gasteiger partial charge in [0.05, 0.1) is 11.7 Å². The first-order valence-corrected chi connectivity index (χ1v) is 5.08. The summed E-state index contributed by atoms with van der Waals surface area (Å²) < 4.78 is 5.84. The van der Waals surface area contributed by atoms with Crippen molar-refractivity contribution < 1.29 is 9.53 Å². The van der Waals surface area contributed by atoms with Gasteiger partial charge in [-0.3, -0.25) is 4.79 Å². The summed E-state index contributed by atoms with van der Waals surface area (Å²) in [5.41, 5.74) is -0.128. The van der Waals surface area contributed by atoms with Crippen LogP contribution >= 0.6 is 0 Å². The van der Waals surface area contributed by atoms with Gasteiger partial charge in [0.1, 0.15) is 5.78 Å². The lowest BCUT2D eigenvalue weighted by molar-refractivity contribution is -0.135. The molecule has 1 aliphatic rings. The Morgan fingerprint density at radius 1 is 1.38 bits per heavy atom. The Balaban J connectivity index is 2.51. The maximum Gasteiger partial charge on any atom is 0.135 e. The molecule has 0 bridgehead atoms. The molecular weight excluding hydrogens is 164 g/mol. The molecule has 1 fully saturated rings. The van der Waals surface area contributed by atoms with Crippen LogP contribution in [0.2, 0.25) is 0 Å². The van der Waals surface area contributed by atoms with E-state index in [-0.39, 0.29) is 11.7 Å². The zero-order valence-corrected chi connectivity index (χ0v) is 9.09. The van der Waals surface area contributed by atoms with Crippen molar-refractivity contribution in [2.24, 2.45) is 5.92 Å². The Morgan fingerprint density at radius 3 is 2.54 bits per heavy atom. The molecule has 0 heterocycles.